The van der Waals surface area contributed by atoms with Crippen LogP contribution in [0, 0.1) is 19.7 Å². The Morgan fingerprint density at radius 1 is 1.11 bits per heavy atom. The largest absolute Gasteiger partial charge is 0.207 e. The Morgan fingerprint density at radius 2 is 1.83 bits per heavy atom. The van der Waals surface area contributed by atoms with Gasteiger partial charge in [0.15, 0.2) is 0 Å². The molecule has 94 valence electrons. The summed E-state index contributed by atoms with van der Waals surface area (Å²) in [6.45, 7) is 4.03. The van der Waals surface area contributed by atoms with Gasteiger partial charge in [-0.15, -0.1) is 11.6 Å². The highest BCUT2D eigenvalue weighted by Gasteiger charge is 2.14. The number of hydrogen-bond acceptors (Lipinski definition) is 0. The summed E-state index contributed by atoms with van der Waals surface area (Å²) in [7, 11) is 0. The molecule has 2 aromatic carbocycles. The van der Waals surface area contributed by atoms with E-state index in [1.54, 1.807) is 0 Å². The predicted octanol–water partition coefficient (Wildman–Crippen LogP) is 5.53. The average Bonchev–Trinajstić information content (AvgIpc) is 2.30. The molecule has 0 heterocycles. The van der Waals surface area contributed by atoms with Crippen LogP contribution in [0.3, 0.4) is 0 Å². The molecule has 3 heteroatoms. The van der Waals surface area contributed by atoms with Crippen molar-refractivity contribution in [2.75, 3.05) is 0 Å². The molecule has 2 aromatic rings. The first-order valence-electron chi connectivity index (χ1n) is 5.64. The molecule has 0 aliphatic carbocycles. The van der Waals surface area contributed by atoms with Gasteiger partial charge in [0.05, 0.1) is 5.38 Å². The van der Waals surface area contributed by atoms with E-state index in [2.05, 4.69) is 15.9 Å². The minimum absolute atomic E-state index is 0.282. The van der Waals surface area contributed by atoms with E-state index in [4.69, 9.17) is 11.6 Å². The third-order valence-corrected chi connectivity index (χ3v) is 3.83. The van der Waals surface area contributed by atoms with Crippen molar-refractivity contribution < 1.29 is 4.39 Å². The van der Waals surface area contributed by atoms with Crippen LogP contribution in [0.15, 0.2) is 40.9 Å². The summed E-state index contributed by atoms with van der Waals surface area (Å²) >= 11 is 9.75. The van der Waals surface area contributed by atoms with Crippen LogP contribution in [0.4, 0.5) is 4.39 Å². The fourth-order valence-corrected chi connectivity index (χ4v) is 2.78. The summed E-state index contributed by atoms with van der Waals surface area (Å²) < 4.78 is 14.1. The Kier molecular flexibility index (Phi) is 4.08. The van der Waals surface area contributed by atoms with Crippen LogP contribution in [-0.4, -0.2) is 0 Å². The zero-order valence-electron chi connectivity index (χ0n) is 10.2. The first-order chi connectivity index (χ1) is 8.47. The normalized spacial score (nSPS) is 12.5. The Balaban J connectivity index is 2.47. The first kappa shape index (κ1) is 13.6. The second-order valence-corrected chi connectivity index (χ2v) is 5.78. The second-order valence-electron chi connectivity index (χ2n) is 4.43. The summed E-state index contributed by atoms with van der Waals surface area (Å²) in [5.41, 5.74) is 4.05. The molecule has 0 nitrogen and oxygen atoms in total. The molecule has 0 amide bonds. The lowest BCUT2D eigenvalue weighted by Crippen LogP contribution is -1.98. The highest BCUT2D eigenvalue weighted by Crippen LogP contribution is 2.33. The van der Waals surface area contributed by atoms with Gasteiger partial charge in [0.1, 0.15) is 5.82 Å². The van der Waals surface area contributed by atoms with E-state index in [-0.39, 0.29) is 11.2 Å². The van der Waals surface area contributed by atoms with Crippen LogP contribution in [0.25, 0.3) is 0 Å². The van der Waals surface area contributed by atoms with Crippen molar-refractivity contribution in [3.05, 3.63) is 68.9 Å². The molecule has 0 bridgehead atoms. The number of aryl methyl sites for hydroxylation is 2. The molecule has 0 aromatic heterocycles. The molecular formula is C15H13BrClF. The number of hydrogen-bond donors (Lipinski definition) is 0. The molecule has 2 rings (SSSR count). The zero-order chi connectivity index (χ0) is 13.3. The Labute approximate surface area is 120 Å². The molecule has 0 spiro atoms. The Morgan fingerprint density at radius 3 is 2.50 bits per heavy atom. The standard InChI is InChI=1S/C15H13BrClF/c1-9-3-4-10(2)14(5-9)15(17)11-6-12(16)8-13(18)7-11/h3-8,15H,1-2H3. The molecule has 0 radical (unpaired) electrons. The van der Waals surface area contributed by atoms with Crippen LogP contribution in [0.1, 0.15) is 27.6 Å². The quantitative estimate of drug-likeness (QED) is 0.636. The van der Waals surface area contributed by atoms with Gasteiger partial charge >= 0.3 is 0 Å². The van der Waals surface area contributed by atoms with Crippen molar-refractivity contribution in [1.82, 2.24) is 0 Å². The van der Waals surface area contributed by atoms with E-state index in [1.165, 1.54) is 12.1 Å². The van der Waals surface area contributed by atoms with Gasteiger partial charge in [-0.25, -0.2) is 4.39 Å². The minimum Gasteiger partial charge on any atom is -0.207 e. The maximum absolute atomic E-state index is 13.4. The lowest BCUT2D eigenvalue weighted by molar-refractivity contribution is 0.625. The predicted molar refractivity (Wildman–Crippen MR) is 77.7 cm³/mol. The van der Waals surface area contributed by atoms with Crippen LogP contribution >= 0.6 is 27.5 Å². The summed E-state index contributed by atoms with van der Waals surface area (Å²) in [4.78, 5) is 0. The molecular weight excluding hydrogens is 315 g/mol. The molecule has 18 heavy (non-hydrogen) atoms. The highest BCUT2D eigenvalue weighted by atomic mass is 79.9. The third-order valence-electron chi connectivity index (χ3n) is 2.89. The molecule has 1 unspecified atom stereocenters. The van der Waals surface area contributed by atoms with Crippen molar-refractivity contribution in [2.24, 2.45) is 0 Å². The van der Waals surface area contributed by atoms with E-state index in [0.29, 0.717) is 4.47 Å². The molecule has 0 saturated carbocycles. The molecule has 0 saturated heterocycles. The molecule has 0 aliphatic rings. The van der Waals surface area contributed by atoms with Crippen molar-refractivity contribution >= 4 is 27.5 Å². The van der Waals surface area contributed by atoms with Gasteiger partial charge in [0, 0.05) is 4.47 Å². The first-order valence-corrected chi connectivity index (χ1v) is 6.87. The van der Waals surface area contributed by atoms with Gasteiger partial charge in [-0.3, -0.25) is 0 Å². The van der Waals surface area contributed by atoms with Gasteiger partial charge in [0.2, 0.25) is 0 Å². The van der Waals surface area contributed by atoms with Crippen LogP contribution < -0.4 is 0 Å². The van der Waals surface area contributed by atoms with Gasteiger partial charge in [-0.1, -0.05) is 39.7 Å². The lowest BCUT2D eigenvalue weighted by Gasteiger charge is -2.14. The molecule has 0 fully saturated rings. The number of halogens is 3. The van der Waals surface area contributed by atoms with E-state index in [9.17, 15) is 4.39 Å². The fraction of sp³-hybridized carbons (Fsp3) is 0.200. The Bertz CT molecular complexity index is 560. The third kappa shape index (κ3) is 2.93. The summed E-state index contributed by atoms with van der Waals surface area (Å²) in [6.07, 6.45) is 0. The number of alkyl halides is 1. The van der Waals surface area contributed by atoms with Gasteiger partial charge in [-0.05, 0) is 48.7 Å². The fourth-order valence-electron chi connectivity index (χ4n) is 1.93. The molecule has 0 aliphatic heterocycles. The van der Waals surface area contributed by atoms with Crippen molar-refractivity contribution in [3.8, 4) is 0 Å². The average molecular weight is 328 g/mol. The number of rotatable bonds is 2. The molecule has 0 N–H and O–H groups in total. The van der Waals surface area contributed by atoms with Crippen LogP contribution in [0.2, 0.25) is 0 Å². The van der Waals surface area contributed by atoms with Gasteiger partial charge in [-0.2, -0.15) is 0 Å². The maximum Gasteiger partial charge on any atom is 0.124 e. The molecule has 1 atom stereocenters. The van der Waals surface area contributed by atoms with Crippen LogP contribution in [0.5, 0.6) is 0 Å². The highest BCUT2D eigenvalue weighted by molar-refractivity contribution is 9.10. The van der Waals surface area contributed by atoms with Crippen molar-refractivity contribution in [3.63, 3.8) is 0 Å². The second kappa shape index (κ2) is 5.41. The summed E-state index contributed by atoms with van der Waals surface area (Å²) in [5.74, 6) is -0.282. The smallest absolute Gasteiger partial charge is 0.124 e. The maximum atomic E-state index is 13.4. The van der Waals surface area contributed by atoms with E-state index >= 15 is 0 Å². The minimum atomic E-state index is -0.336. The Hall–Kier alpha value is -0.860. The SMILES string of the molecule is Cc1ccc(C)c(C(Cl)c2cc(F)cc(Br)c2)c1. The topological polar surface area (TPSA) is 0 Å². The van der Waals surface area contributed by atoms with Crippen LogP contribution in [-0.2, 0) is 0 Å². The van der Waals surface area contributed by atoms with E-state index in [1.807, 2.05) is 38.1 Å². The number of benzene rings is 2. The summed E-state index contributed by atoms with van der Waals surface area (Å²) in [6, 6.07) is 10.9. The van der Waals surface area contributed by atoms with Gasteiger partial charge < -0.3 is 0 Å². The van der Waals surface area contributed by atoms with Crippen molar-refractivity contribution in [2.45, 2.75) is 19.2 Å². The van der Waals surface area contributed by atoms with Gasteiger partial charge in [0.25, 0.3) is 0 Å². The summed E-state index contributed by atoms with van der Waals surface area (Å²) in [5, 5.41) is -0.336. The lowest BCUT2D eigenvalue weighted by atomic mass is 9.98. The zero-order valence-corrected chi connectivity index (χ0v) is 12.5. The monoisotopic (exact) mass is 326 g/mol. The van der Waals surface area contributed by atoms with E-state index in [0.717, 1.165) is 22.3 Å². The van der Waals surface area contributed by atoms with E-state index < -0.39 is 0 Å². The van der Waals surface area contributed by atoms with Crippen molar-refractivity contribution in [1.29, 1.82) is 0 Å².